The highest BCUT2D eigenvalue weighted by Gasteiger charge is 2.23. The minimum absolute atomic E-state index is 0.174. The van der Waals surface area contributed by atoms with Gasteiger partial charge in [0.25, 0.3) is 5.91 Å². The molecule has 0 radical (unpaired) electrons. The number of rotatable bonds is 7. The van der Waals surface area contributed by atoms with Crippen LogP contribution in [0.15, 0.2) is 42.2 Å². The number of anilines is 3. The van der Waals surface area contributed by atoms with Gasteiger partial charge in [-0.2, -0.15) is 5.01 Å². The summed E-state index contributed by atoms with van der Waals surface area (Å²) in [5.74, 6) is 1.18. The number of amides is 1. The lowest BCUT2D eigenvalue weighted by atomic mass is 10.2. The molecule has 0 aromatic carbocycles. The summed E-state index contributed by atoms with van der Waals surface area (Å²) in [6.45, 7) is 8.15. The average Bonchev–Trinajstić information content (AvgIpc) is 3.33. The normalized spacial score (nSPS) is 14.4. The molecule has 9 nitrogen and oxygen atoms in total. The molecule has 2 N–H and O–H groups in total. The van der Waals surface area contributed by atoms with E-state index in [0.717, 1.165) is 48.9 Å². The zero-order chi connectivity index (χ0) is 22.5. The Hall–Kier alpha value is -3.08. The lowest BCUT2D eigenvalue weighted by molar-refractivity contribution is 0.0995. The third-order valence-electron chi connectivity index (χ3n) is 5.33. The first-order chi connectivity index (χ1) is 15.5. The molecule has 0 atom stereocenters. The Labute approximate surface area is 191 Å². The number of carbonyl (C=O) groups is 1. The van der Waals surface area contributed by atoms with E-state index in [1.807, 2.05) is 38.1 Å². The van der Waals surface area contributed by atoms with Crippen LogP contribution in [0, 0.1) is 13.8 Å². The zero-order valence-electron chi connectivity index (χ0n) is 18.2. The molecule has 10 heteroatoms. The maximum atomic E-state index is 13.3. The molecule has 3 aromatic heterocycles. The van der Waals surface area contributed by atoms with Crippen LogP contribution in [0.3, 0.4) is 0 Å². The van der Waals surface area contributed by atoms with Crippen LogP contribution in [0.1, 0.15) is 20.9 Å². The summed E-state index contributed by atoms with van der Waals surface area (Å²) >= 11 is 1.29. The van der Waals surface area contributed by atoms with Crippen LogP contribution < -0.4 is 15.3 Å². The Kier molecular flexibility index (Phi) is 6.93. The number of β-amino-alcohol motifs (C(OH)–C–C–N with tert-alkyl or cyclic N) is 1. The summed E-state index contributed by atoms with van der Waals surface area (Å²) in [5.41, 5.74) is 7.39. The van der Waals surface area contributed by atoms with E-state index in [-0.39, 0.29) is 12.5 Å². The highest BCUT2D eigenvalue weighted by atomic mass is 32.1. The van der Waals surface area contributed by atoms with Crippen molar-refractivity contribution in [1.82, 2.24) is 19.9 Å². The molecule has 1 amide bonds. The van der Waals surface area contributed by atoms with Gasteiger partial charge < -0.3 is 10.0 Å². The molecule has 1 aliphatic rings. The summed E-state index contributed by atoms with van der Waals surface area (Å²) in [6.07, 6.45) is 3.24. The zero-order valence-corrected chi connectivity index (χ0v) is 19.0. The van der Waals surface area contributed by atoms with Gasteiger partial charge in [-0.3, -0.25) is 20.1 Å². The molecule has 168 valence electrons. The van der Waals surface area contributed by atoms with Gasteiger partial charge in [0.15, 0.2) is 5.82 Å². The van der Waals surface area contributed by atoms with Gasteiger partial charge in [-0.15, -0.1) is 11.3 Å². The monoisotopic (exact) mass is 453 g/mol. The largest absolute Gasteiger partial charge is 0.395 e. The quantitative estimate of drug-likeness (QED) is 0.526. The first kappa shape index (κ1) is 22.1. The Morgan fingerprint density at radius 3 is 2.75 bits per heavy atom. The molecule has 0 unspecified atom stereocenters. The highest BCUT2D eigenvalue weighted by Crippen LogP contribution is 2.25. The Bertz CT molecular complexity index is 1050. The van der Waals surface area contributed by atoms with Gasteiger partial charge in [0.05, 0.1) is 24.0 Å². The number of pyridine rings is 2. The number of carbonyl (C=O) groups excluding carboxylic acids is 1. The molecular weight excluding hydrogens is 426 g/mol. The number of thiazole rings is 1. The number of aromatic nitrogens is 3. The van der Waals surface area contributed by atoms with E-state index in [2.05, 4.69) is 25.2 Å². The molecule has 0 bridgehead atoms. The molecule has 32 heavy (non-hydrogen) atoms. The number of aliphatic hydroxyl groups is 1. The molecule has 0 spiro atoms. The van der Waals surface area contributed by atoms with Crippen LogP contribution in [-0.4, -0.2) is 70.2 Å². The van der Waals surface area contributed by atoms with Gasteiger partial charge in [-0.25, -0.2) is 9.97 Å². The van der Waals surface area contributed by atoms with Crippen LogP contribution in [0.2, 0.25) is 0 Å². The fourth-order valence-electron chi connectivity index (χ4n) is 3.69. The molecule has 4 heterocycles. The van der Waals surface area contributed by atoms with Gasteiger partial charge in [0.1, 0.15) is 10.7 Å². The SMILES string of the molecule is Cc1cc(NN(C(=O)c2cncs2)c2ncccc2C)cc(N2CCN(CCO)CC2)n1. The summed E-state index contributed by atoms with van der Waals surface area (Å²) in [4.78, 5) is 31.5. The first-order valence-electron chi connectivity index (χ1n) is 10.5. The second-order valence-corrected chi connectivity index (χ2v) is 8.56. The lowest BCUT2D eigenvalue weighted by Crippen LogP contribution is -2.47. The predicted octanol–water partition coefficient (Wildman–Crippen LogP) is 2.34. The van der Waals surface area contributed by atoms with E-state index in [1.54, 1.807) is 17.9 Å². The number of nitrogens with one attached hydrogen (secondary N) is 1. The minimum Gasteiger partial charge on any atom is -0.395 e. The van der Waals surface area contributed by atoms with Gasteiger partial charge in [-0.05, 0) is 31.5 Å². The van der Waals surface area contributed by atoms with Crippen LogP contribution in [0.5, 0.6) is 0 Å². The fraction of sp³-hybridized carbons (Fsp3) is 0.364. The third-order valence-corrected chi connectivity index (χ3v) is 6.09. The van der Waals surface area contributed by atoms with Crippen molar-refractivity contribution >= 4 is 34.6 Å². The van der Waals surface area contributed by atoms with Crippen LogP contribution in [0.25, 0.3) is 0 Å². The maximum absolute atomic E-state index is 13.3. The van der Waals surface area contributed by atoms with Crippen LogP contribution >= 0.6 is 11.3 Å². The minimum atomic E-state index is -0.220. The summed E-state index contributed by atoms with van der Waals surface area (Å²) < 4.78 is 0. The molecule has 1 saturated heterocycles. The van der Waals surface area contributed by atoms with Gasteiger partial charge in [0.2, 0.25) is 0 Å². The molecule has 4 rings (SSSR count). The van der Waals surface area contributed by atoms with Crippen molar-refractivity contribution in [3.05, 3.63) is 58.3 Å². The van der Waals surface area contributed by atoms with E-state index in [4.69, 9.17) is 10.1 Å². The number of piperazine rings is 1. The van der Waals surface area contributed by atoms with Gasteiger partial charge in [-0.1, -0.05) is 6.07 Å². The molecule has 1 aliphatic heterocycles. The molecular formula is C22H27N7O2S. The van der Waals surface area contributed by atoms with Crippen LogP contribution in [-0.2, 0) is 0 Å². The van der Waals surface area contributed by atoms with E-state index >= 15 is 0 Å². The lowest BCUT2D eigenvalue weighted by Gasteiger charge is -2.35. The van der Waals surface area contributed by atoms with Crippen molar-refractivity contribution in [2.24, 2.45) is 0 Å². The number of aryl methyl sites for hydroxylation is 2. The second kappa shape index (κ2) is 10.0. The van der Waals surface area contributed by atoms with E-state index in [1.165, 1.54) is 16.3 Å². The number of hydrazine groups is 1. The number of nitrogens with zero attached hydrogens (tertiary/aromatic N) is 6. The molecule has 0 aliphatic carbocycles. The smallest absolute Gasteiger partial charge is 0.290 e. The van der Waals surface area contributed by atoms with Crippen LogP contribution in [0.4, 0.5) is 17.3 Å². The van der Waals surface area contributed by atoms with Gasteiger partial charge >= 0.3 is 0 Å². The summed E-state index contributed by atoms with van der Waals surface area (Å²) in [6, 6.07) is 7.64. The van der Waals surface area contributed by atoms with E-state index < -0.39 is 0 Å². The van der Waals surface area contributed by atoms with Crippen molar-refractivity contribution in [1.29, 1.82) is 0 Å². The second-order valence-electron chi connectivity index (χ2n) is 7.67. The van der Waals surface area contributed by atoms with Gasteiger partial charge in [0, 0.05) is 50.7 Å². The van der Waals surface area contributed by atoms with Crippen molar-refractivity contribution in [2.75, 3.05) is 54.7 Å². The Balaban J connectivity index is 1.60. The van der Waals surface area contributed by atoms with Crippen molar-refractivity contribution in [3.63, 3.8) is 0 Å². The summed E-state index contributed by atoms with van der Waals surface area (Å²) in [5, 5.41) is 10.6. The highest BCUT2D eigenvalue weighted by molar-refractivity contribution is 7.11. The summed E-state index contributed by atoms with van der Waals surface area (Å²) in [7, 11) is 0. The van der Waals surface area contributed by atoms with E-state index in [0.29, 0.717) is 17.2 Å². The number of hydrogen-bond acceptors (Lipinski definition) is 9. The molecule has 1 fully saturated rings. The predicted molar refractivity (Wildman–Crippen MR) is 126 cm³/mol. The fourth-order valence-corrected chi connectivity index (χ4v) is 4.24. The molecule has 3 aromatic rings. The standard InChI is InChI=1S/C22H27N7O2S/c1-16-4-3-5-24-21(16)29(22(31)19-14-23-15-32-19)26-18-12-17(2)25-20(13-18)28-8-6-27(7-9-28)10-11-30/h3-5,12-15,30H,6-11H2,1-2H3,(H,25,26). The average molecular weight is 454 g/mol. The Morgan fingerprint density at radius 2 is 2.06 bits per heavy atom. The molecule has 0 saturated carbocycles. The van der Waals surface area contributed by atoms with Crippen molar-refractivity contribution in [2.45, 2.75) is 13.8 Å². The van der Waals surface area contributed by atoms with Crippen molar-refractivity contribution < 1.29 is 9.90 Å². The Morgan fingerprint density at radius 1 is 1.25 bits per heavy atom. The number of hydrogen-bond donors (Lipinski definition) is 2. The van der Waals surface area contributed by atoms with E-state index in [9.17, 15) is 4.79 Å². The maximum Gasteiger partial charge on any atom is 0.290 e. The first-order valence-corrected chi connectivity index (χ1v) is 11.4. The van der Waals surface area contributed by atoms with Crippen molar-refractivity contribution in [3.8, 4) is 0 Å². The third kappa shape index (κ3) is 5.04. The number of aliphatic hydroxyl groups excluding tert-OH is 1. The topological polar surface area (TPSA) is 97.7 Å².